The summed E-state index contributed by atoms with van der Waals surface area (Å²) in [5.41, 5.74) is 0.873. The van der Waals surface area contributed by atoms with E-state index in [9.17, 15) is 4.79 Å². The van der Waals surface area contributed by atoms with Gasteiger partial charge in [-0.15, -0.1) is 0 Å². The molecule has 0 spiro atoms. The lowest BCUT2D eigenvalue weighted by Gasteiger charge is -2.42. The quantitative estimate of drug-likeness (QED) is 0.890. The van der Waals surface area contributed by atoms with Crippen LogP contribution in [0.5, 0.6) is 0 Å². The highest BCUT2D eigenvalue weighted by atomic mass is 16.4. The van der Waals surface area contributed by atoms with Crippen LogP contribution in [0, 0.1) is 18.8 Å². The molecule has 3 unspecified atom stereocenters. The molecule has 0 aromatic carbocycles. The molecule has 19 heavy (non-hydrogen) atoms. The van der Waals surface area contributed by atoms with E-state index < -0.39 is 5.97 Å². The van der Waals surface area contributed by atoms with Crippen molar-refractivity contribution in [2.24, 2.45) is 11.8 Å². The van der Waals surface area contributed by atoms with Crippen LogP contribution in [0.25, 0.3) is 0 Å². The standard InChI is InChI=1S/C15H22N2O2/c1-9-7-10(2)12(4)17(8-9)14-6-5-13(15(18)19)11(3)16-14/h5-6,9-10,12H,7-8H2,1-4H3,(H,18,19). The number of piperidine rings is 1. The van der Waals surface area contributed by atoms with Gasteiger partial charge in [-0.2, -0.15) is 0 Å². The minimum atomic E-state index is -0.912. The molecule has 0 amide bonds. The number of aryl methyl sites for hydroxylation is 1. The van der Waals surface area contributed by atoms with Crippen LogP contribution in [0.2, 0.25) is 0 Å². The van der Waals surface area contributed by atoms with E-state index in [-0.39, 0.29) is 5.56 Å². The summed E-state index contributed by atoms with van der Waals surface area (Å²) in [6, 6.07) is 3.94. The van der Waals surface area contributed by atoms with Gasteiger partial charge >= 0.3 is 5.97 Å². The average Bonchev–Trinajstić information content (AvgIpc) is 2.33. The van der Waals surface area contributed by atoms with Crippen LogP contribution in [-0.2, 0) is 0 Å². The number of hydrogen-bond acceptors (Lipinski definition) is 3. The van der Waals surface area contributed by atoms with Crippen molar-refractivity contribution in [3.63, 3.8) is 0 Å². The predicted octanol–water partition coefficient (Wildman–Crippen LogP) is 2.96. The van der Waals surface area contributed by atoms with Gasteiger partial charge in [0.15, 0.2) is 0 Å². The Bertz CT molecular complexity index is 487. The molecular weight excluding hydrogens is 240 g/mol. The maximum Gasteiger partial charge on any atom is 0.337 e. The maximum absolute atomic E-state index is 11.0. The Morgan fingerprint density at radius 1 is 1.37 bits per heavy atom. The number of rotatable bonds is 2. The Kier molecular flexibility index (Phi) is 3.78. The van der Waals surface area contributed by atoms with E-state index >= 15 is 0 Å². The first-order chi connectivity index (χ1) is 8.90. The molecule has 1 saturated heterocycles. The highest BCUT2D eigenvalue weighted by molar-refractivity contribution is 5.89. The van der Waals surface area contributed by atoms with Crippen molar-refractivity contribution >= 4 is 11.8 Å². The minimum Gasteiger partial charge on any atom is -0.478 e. The molecule has 2 rings (SSSR count). The number of aromatic carboxylic acids is 1. The van der Waals surface area contributed by atoms with Gasteiger partial charge in [-0.1, -0.05) is 13.8 Å². The van der Waals surface area contributed by atoms with E-state index in [2.05, 4.69) is 30.7 Å². The van der Waals surface area contributed by atoms with E-state index in [1.807, 2.05) is 6.07 Å². The van der Waals surface area contributed by atoms with Gasteiger partial charge in [0.1, 0.15) is 5.82 Å². The molecular formula is C15H22N2O2. The number of carbonyl (C=O) groups is 1. The predicted molar refractivity (Wildman–Crippen MR) is 75.7 cm³/mol. The van der Waals surface area contributed by atoms with Crippen molar-refractivity contribution < 1.29 is 9.90 Å². The molecule has 3 atom stereocenters. The van der Waals surface area contributed by atoms with Gasteiger partial charge in [-0.25, -0.2) is 9.78 Å². The molecule has 4 heteroatoms. The Morgan fingerprint density at radius 3 is 2.63 bits per heavy atom. The molecule has 1 fully saturated rings. The van der Waals surface area contributed by atoms with Gasteiger partial charge in [0.25, 0.3) is 0 Å². The highest BCUT2D eigenvalue weighted by Crippen LogP contribution is 2.30. The van der Waals surface area contributed by atoms with E-state index in [1.165, 1.54) is 6.42 Å². The van der Waals surface area contributed by atoms with Gasteiger partial charge in [-0.05, 0) is 44.2 Å². The monoisotopic (exact) mass is 262 g/mol. The highest BCUT2D eigenvalue weighted by Gasteiger charge is 2.29. The zero-order valence-electron chi connectivity index (χ0n) is 12.1. The van der Waals surface area contributed by atoms with Crippen LogP contribution in [0.15, 0.2) is 12.1 Å². The fourth-order valence-electron chi connectivity index (χ4n) is 2.95. The van der Waals surface area contributed by atoms with Crippen LogP contribution in [-0.4, -0.2) is 28.6 Å². The SMILES string of the molecule is Cc1nc(N2CC(C)CC(C)C2C)ccc1C(=O)O. The first-order valence-electron chi connectivity index (χ1n) is 6.87. The molecule has 1 N–H and O–H groups in total. The van der Waals surface area contributed by atoms with E-state index in [0.717, 1.165) is 12.4 Å². The van der Waals surface area contributed by atoms with E-state index in [1.54, 1.807) is 13.0 Å². The molecule has 2 heterocycles. The summed E-state index contributed by atoms with van der Waals surface area (Å²) in [6.07, 6.45) is 1.24. The minimum absolute atomic E-state index is 0.287. The Morgan fingerprint density at radius 2 is 2.05 bits per heavy atom. The number of hydrogen-bond donors (Lipinski definition) is 1. The molecule has 0 radical (unpaired) electrons. The van der Waals surface area contributed by atoms with Crippen LogP contribution >= 0.6 is 0 Å². The molecule has 104 valence electrons. The number of carboxylic acid groups (broad SMARTS) is 1. The molecule has 1 aliphatic heterocycles. The van der Waals surface area contributed by atoms with Gasteiger partial charge in [0, 0.05) is 12.6 Å². The third kappa shape index (κ3) is 2.72. The fraction of sp³-hybridized carbons (Fsp3) is 0.600. The van der Waals surface area contributed by atoms with Crippen LogP contribution in [0.4, 0.5) is 5.82 Å². The second-order valence-electron chi connectivity index (χ2n) is 5.82. The Balaban J connectivity index is 2.31. The van der Waals surface area contributed by atoms with Crippen molar-refractivity contribution in [2.45, 2.75) is 40.2 Å². The molecule has 1 aliphatic rings. The summed E-state index contributed by atoms with van der Waals surface area (Å²) in [4.78, 5) is 17.8. The topological polar surface area (TPSA) is 53.4 Å². The van der Waals surface area contributed by atoms with Crippen LogP contribution < -0.4 is 4.90 Å². The molecule has 0 saturated carbocycles. The maximum atomic E-state index is 11.0. The summed E-state index contributed by atoms with van der Waals surface area (Å²) in [5, 5.41) is 9.05. The largest absolute Gasteiger partial charge is 0.478 e. The van der Waals surface area contributed by atoms with Gasteiger partial charge in [0.05, 0.1) is 11.3 Å². The third-order valence-electron chi connectivity index (χ3n) is 4.19. The number of pyridine rings is 1. The second-order valence-corrected chi connectivity index (χ2v) is 5.82. The van der Waals surface area contributed by atoms with Crippen LogP contribution in [0.1, 0.15) is 43.2 Å². The zero-order chi connectivity index (χ0) is 14.2. The van der Waals surface area contributed by atoms with E-state index in [4.69, 9.17) is 5.11 Å². The van der Waals surface area contributed by atoms with Crippen molar-refractivity contribution in [1.82, 2.24) is 4.98 Å². The lowest BCUT2D eigenvalue weighted by atomic mass is 9.86. The molecule has 0 aliphatic carbocycles. The van der Waals surface area contributed by atoms with Gasteiger partial charge in [-0.3, -0.25) is 0 Å². The normalized spacial score (nSPS) is 27.4. The summed E-state index contributed by atoms with van der Waals surface area (Å²) in [7, 11) is 0. The Hall–Kier alpha value is -1.58. The van der Waals surface area contributed by atoms with Crippen molar-refractivity contribution in [1.29, 1.82) is 0 Å². The number of anilines is 1. The van der Waals surface area contributed by atoms with Crippen LogP contribution in [0.3, 0.4) is 0 Å². The zero-order valence-corrected chi connectivity index (χ0v) is 12.1. The summed E-state index contributed by atoms with van der Waals surface area (Å²) in [6.45, 7) is 9.50. The number of aromatic nitrogens is 1. The van der Waals surface area contributed by atoms with E-state index in [0.29, 0.717) is 23.6 Å². The number of carboxylic acids is 1. The molecule has 1 aromatic heterocycles. The first-order valence-corrected chi connectivity index (χ1v) is 6.87. The lowest BCUT2D eigenvalue weighted by Crippen LogP contribution is -2.46. The van der Waals surface area contributed by atoms with Crippen molar-refractivity contribution in [3.8, 4) is 0 Å². The summed E-state index contributed by atoms with van der Waals surface area (Å²) >= 11 is 0. The Labute approximate surface area is 114 Å². The van der Waals surface area contributed by atoms with Gasteiger partial charge in [0.2, 0.25) is 0 Å². The molecule has 4 nitrogen and oxygen atoms in total. The number of nitrogens with zero attached hydrogens (tertiary/aromatic N) is 2. The molecule has 1 aromatic rings. The van der Waals surface area contributed by atoms with Crippen molar-refractivity contribution in [3.05, 3.63) is 23.4 Å². The van der Waals surface area contributed by atoms with Crippen molar-refractivity contribution in [2.75, 3.05) is 11.4 Å². The van der Waals surface area contributed by atoms with Gasteiger partial charge < -0.3 is 10.0 Å². The summed E-state index contributed by atoms with van der Waals surface area (Å²) < 4.78 is 0. The smallest absolute Gasteiger partial charge is 0.337 e. The lowest BCUT2D eigenvalue weighted by molar-refractivity contribution is 0.0695. The average molecular weight is 262 g/mol. The molecule has 0 bridgehead atoms. The third-order valence-corrected chi connectivity index (χ3v) is 4.19. The summed E-state index contributed by atoms with van der Waals surface area (Å²) in [5.74, 6) is 1.26. The first kappa shape index (κ1) is 13.8. The second kappa shape index (κ2) is 5.19. The fourth-order valence-corrected chi connectivity index (χ4v) is 2.95.